The molecule has 0 aliphatic heterocycles. The van der Waals surface area contributed by atoms with Gasteiger partial charge in [-0.2, -0.15) is 0 Å². The minimum atomic E-state index is -0.327. The molecule has 2 heterocycles. The molecular weight excluding hydrogens is 420 g/mol. The number of hydrogen-bond acceptors (Lipinski definition) is 8. The van der Waals surface area contributed by atoms with Gasteiger partial charge in [0.2, 0.25) is 5.91 Å². The average molecular weight is 443 g/mol. The molecule has 1 N–H and O–H groups in total. The Kier molecular flexibility index (Phi) is 7.92. The van der Waals surface area contributed by atoms with Gasteiger partial charge >= 0.3 is 5.97 Å². The molecule has 0 atom stereocenters. The lowest BCUT2D eigenvalue weighted by Gasteiger charge is -2.06. The summed E-state index contributed by atoms with van der Waals surface area (Å²) in [5.41, 5.74) is 2.49. The van der Waals surface area contributed by atoms with Crippen LogP contribution < -0.4 is 5.32 Å². The molecular formula is C21H22N4O3S2. The number of benzene rings is 1. The normalized spacial score (nSPS) is 10.6. The fourth-order valence-corrected chi connectivity index (χ4v) is 4.22. The molecule has 156 valence electrons. The summed E-state index contributed by atoms with van der Waals surface area (Å²) in [5.74, 6) is 0.818. The number of rotatable bonds is 9. The van der Waals surface area contributed by atoms with Crippen LogP contribution in [0.4, 0.5) is 5.13 Å². The molecule has 1 aromatic carbocycles. The lowest BCUT2D eigenvalue weighted by atomic mass is 10.1. The molecule has 0 saturated heterocycles. The maximum absolute atomic E-state index is 12.2. The summed E-state index contributed by atoms with van der Waals surface area (Å²) < 4.78 is 4.90. The van der Waals surface area contributed by atoms with Crippen LogP contribution in [0.3, 0.4) is 0 Å². The largest absolute Gasteiger partial charge is 0.466 e. The van der Waals surface area contributed by atoms with Crippen molar-refractivity contribution in [2.45, 2.75) is 31.7 Å². The summed E-state index contributed by atoms with van der Waals surface area (Å²) in [6.07, 6.45) is 0.425. The zero-order valence-electron chi connectivity index (χ0n) is 16.8. The molecule has 0 saturated carbocycles. The second-order valence-corrected chi connectivity index (χ2v) is 8.25. The van der Waals surface area contributed by atoms with Gasteiger partial charge in [-0.25, -0.2) is 15.0 Å². The van der Waals surface area contributed by atoms with Gasteiger partial charge in [0, 0.05) is 23.1 Å². The van der Waals surface area contributed by atoms with Gasteiger partial charge in [0.1, 0.15) is 10.9 Å². The van der Waals surface area contributed by atoms with E-state index >= 15 is 0 Å². The fourth-order valence-electron chi connectivity index (χ4n) is 2.61. The molecule has 0 spiro atoms. The first-order valence-electron chi connectivity index (χ1n) is 9.47. The highest BCUT2D eigenvalue weighted by Gasteiger charge is 2.11. The van der Waals surface area contributed by atoms with Crippen molar-refractivity contribution in [3.05, 3.63) is 53.3 Å². The van der Waals surface area contributed by atoms with Gasteiger partial charge in [-0.1, -0.05) is 30.3 Å². The average Bonchev–Trinajstić information content (AvgIpc) is 3.15. The molecule has 3 rings (SSSR count). The summed E-state index contributed by atoms with van der Waals surface area (Å²) in [6, 6.07) is 11.9. The molecule has 0 aliphatic rings. The number of esters is 1. The van der Waals surface area contributed by atoms with Gasteiger partial charge in [0.25, 0.3) is 0 Å². The number of hydrogen-bond donors (Lipinski definition) is 1. The summed E-state index contributed by atoms with van der Waals surface area (Å²) in [7, 11) is 0. The highest BCUT2D eigenvalue weighted by molar-refractivity contribution is 7.99. The second kappa shape index (κ2) is 10.8. The van der Waals surface area contributed by atoms with Crippen molar-refractivity contribution in [3.63, 3.8) is 0 Å². The quantitative estimate of drug-likeness (QED) is 0.302. The van der Waals surface area contributed by atoms with E-state index in [0.29, 0.717) is 35.4 Å². The number of thiazole rings is 1. The molecule has 30 heavy (non-hydrogen) atoms. The van der Waals surface area contributed by atoms with E-state index in [9.17, 15) is 9.59 Å². The van der Waals surface area contributed by atoms with E-state index in [2.05, 4.69) is 20.3 Å². The molecule has 1 amide bonds. The lowest BCUT2D eigenvalue weighted by molar-refractivity contribution is -0.142. The Balaban J connectivity index is 1.50. The van der Waals surface area contributed by atoms with Crippen LogP contribution >= 0.6 is 23.1 Å². The van der Waals surface area contributed by atoms with Crippen LogP contribution in [0.15, 0.2) is 46.8 Å². The minimum Gasteiger partial charge on any atom is -0.466 e. The summed E-state index contributed by atoms with van der Waals surface area (Å²) in [5, 5.41) is 5.83. The van der Waals surface area contributed by atoms with E-state index in [1.807, 2.05) is 43.3 Å². The number of amides is 1. The van der Waals surface area contributed by atoms with Gasteiger partial charge < -0.3 is 10.1 Å². The number of anilines is 1. The number of aromatic nitrogens is 3. The highest BCUT2D eigenvalue weighted by atomic mass is 32.2. The maximum Gasteiger partial charge on any atom is 0.311 e. The molecule has 2 aromatic heterocycles. The van der Waals surface area contributed by atoms with Crippen molar-refractivity contribution in [2.75, 3.05) is 17.7 Å². The molecule has 7 nitrogen and oxygen atoms in total. The molecule has 3 aromatic rings. The number of thioether (sulfide) groups is 1. The van der Waals surface area contributed by atoms with E-state index in [0.717, 1.165) is 16.3 Å². The predicted octanol–water partition coefficient (Wildman–Crippen LogP) is 4.14. The van der Waals surface area contributed by atoms with Crippen molar-refractivity contribution < 1.29 is 14.3 Å². The maximum atomic E-state index is 12.2. The third-order valence-electron chi connectivity index (χ3n) is 3.89. The number of carbonyl (C=O) groups excluding carboxylic acids is 2. The van der Waals surface area contributed by atoms with E-state index in [-0.39, 0.29) is 18.3 Å². The van der Waals surface area contributed by atoms with Crippen molar-refractivity contribution in [2.24, 2.45) is 0 Å². The van der Waals surface area contributed by atoms with Crippen molar-refractivity contribution >= 4 is 40.1 Å². The Bertz CT molecular complexity index is 1010. The molecule has 0 aliphatic carbocycles. The number of ether oxygens (including phenoxy) is 1. The molecule has 0 bridgehead atoms. The van der Waals surface area contributed by atoms with Gasteiger partial charge in [-0.05, 0) is 19.9 Å². The van der Waals surface area contributed by atoms with E-state index < -0.39 is 0 Å². The molecule has 9 heteroatoms. The lowest BCUT2D eigenvalue weighted by Crippen LogP contribution is -2.12. The van der Waals surface area contributed by atoms with Crippen molar-refractivity contribution in [1.29, 1.82) is 0 Å². The molecule has 0 radical (unpaired) electrons. The summed E-state index contributed by atoms with van der Waals surface area (Å²) >= 11 is 2.80. The standard InChI is InChI=1S/C21H22N4O3S2/c1-3-28-20(27)11-16-13-30-21(24-16)25-18(26)9-10-29-19-12-17(22-14(2)23-19)15-7-5-4-6-8-15/h4-8,12-13H,3,9-11H2,1-2H3,(H,24,25,26). The van der Waals surface area contributed by atoms with Crippen LogP contribution in [0.25, 0.3) is 11.3 Å². The van der Waals surface area contributed by atoms with Crippen LogP contribution in [0.2, 0.25) is 0 Å². The van der Waals surface area contributed by atoms with E-state index in [1.54, 1.807) is 12.3 Å². The zero-order chi connectivity index (χ0) is 21.3. The Morgan fingerprint density at radius 2 is 1.97 bits per heavy atom. The van der Waals surface area contributed by atoms with Crippen LogP contribution in [-0.2, 0) is 20.7 Å². The van der Waals surface area contributed by atoms with Crippen molar-refractivity contribution in [1.82, 2.24) is 15.0 Å². The first-order valence-corrected chi connectivity index (χ1v) is 11.3. The number of carbonyl (C=O) groups is 2. The van der Waals surface area contributed by atoms with Gasteiger partial charge in [0.15, 0.2) is 5.13 Å². The summed E-state index contributed by atoms with van der Waals surface area (Å²) in [4.78, 5) is 36.9. The Labute approximate surface area is 183 Å². The van der Waals surface area contributed by atoms with Crippen LogP contribution in [0, 0.1) is 6.92 Å². The molecule has 0 fully saturated rings. The van der Waals surface area contributed by atoms with Crippen LogP contribution in [-0.4, -0.2) is 39.2 Å². The monoisotopic (exact) mass is 442 g/mol. The number of aryl methyl sites for hydroxylation is 1. The first kappa shape index (κ1) is 21.9. The van der Waals surface area contributed by atoms with Gasteiger partial charge in [-0.3, -0.25) is 9.59 Å². The summed E-state index contributed by atoms with van der Waals surface area (Å²) in [6.45, 7) is 3.95. The SMILES string of the molecule is CCOC(=O)Cc1csc(NC(=O)CCSc2cc(-c3ccccc3)nc(C)n2)n1. The Morgan fingerprint density at radius 1 is 1.17 bits per heavy atom. The zero-order valence-corrected chi connectivity index (χ0v) is 18.4. The Morgan fingerprint density at radius 3 is 2.73 bits per heavy atom. The van der Waals surface area contributed by atoms with Crippen molar-refractivity contribution in [3.8, 4) is 11.3 Å². The Hall–Kier alpha value is -2.78. The second-order valence-electron chi connectivity index (χ2n) is 6.28. The fraction of sp³-hybridized carbons (Fsp3) is 0.286. The van der Waals surface area contributed by atoms with E-state index in [4.69, 9.17) is 4.74 Å². The van der Waals surface area contributed by atoms with Gasteiger partial charge in [-0.15, -0.1) is 23.1 Å². The van der Waals surface area contributed by atoms with E-state index in [1.165, 1.54) is 23.1 Å². The minimum absolute atomic E-state index is 0.104. The van der Waals surface area contributed by atoms with Crippen LogP contribution in [0.1, 0.15) is 24.9 Å². The third kappa shape index (κ3) is 6.64. The van der Waals surface area contributed by atoms with Gasteiger partial charge in [0.05, 0.1) is 24.4 Å². The number of nitrogens with zero attached hydrogens (tertiary/aromatic N) is 3. The topological polar surface area (TPSA) is 94.1 Å². The molecule has 0 unspecified atom stereocenters. The highest BCUT2D eigenvalue weighted by Crippen LogP contribution is 2.24. The van der Waals surface area contributed by atoms with Crippen LogP contribution in [0.5, 0.6) is 0 Å². The number of nitrogens with one attached hydrogen (secondary N) is 1. The smallest absolute Gasteiger partial charge is 0.311 e. The first-order chi connectivity index (χ1) is 14.5. The third-order valence-corrected chi connectivity index (χ3v) is 5.61. The predicted molar refractivity (Wildman–Crippen MR) is 119 cm³/mol.